The van der Waals surface area contributed by atoms with Crippen molar-refractivity contribution >= 4 is 28.6 Å². The Hall–Kier alpha value is -3.19. The highest BCUT2D eigenvalue weighted by Crippen LogP contribution is 2.20. The Kier molecular flexibility index (Phi) is 6.39. The summed E-state index contributed by atoms with van der Waals surface area (Å²) >= 11 is 1.16. The van der Waals surface area contributed by atoms with E-state index < -0.39 is 0 Å². The zero-order valence-electron chi connectivity index (χ0n) is 15.8. The molecule has 144 valence electrons. The molecule has 0 saturated heterocycles. The van der Waals surface area contributed by atoms with E-state index in [0.29, 0.717) is 28.7 Å². The van der Waals surface area contributed by atoms with Gasteiger partial charge in [0.15, 0.2) is 5.13 Å². The van der Waals surface area contributed by atoms with Gasteiger partial charge in [-0.05, 0) is 54.3 Å². The standard InChI is InChI=1S/C21H22N4O2S/c1-3-18-19(28-21(22)24-18)20(26)25-23-12-15-8-10-17(11-9-15)27-13-16-7-5-4-6-14(16)2/h4-12H,3,13H2,1-2H3,(H2,22,24)(H,25,26)/b23-12-. The number of carbonyl (C=O) groups excluding carboxylic acids is 1. The molecular weight excluding hydrogens is 372 g/mol. The van der Waals surface area contributed by atoms with E-state index in [1.54, 1.807) is 6.21 Å². The molecule has 0 aliphatic carbocycles. The summed E-state index contributed by atoms with van der Waals surface area (Å²) in [4.78, 5) is 16.8. The minimum Gasteiger partial charge on any atom is -0.489 e. The minimum absolute atomic E-state index is 0.305. The number of nitrogens with zero attached hydrogens (tertiary/aromatic N) is 2. The van der Waals surface area contributed by atoms with Crippen molar-refractivity contribution in [3.05, 3.63) is 75.8 Å². The molecule has 0 radical (unpaired) electrons. The molecule has 28 heavy (non-hydrogen) atoms. The van der Waals surface area contributed by atoms with Crippen LogP contribution in [0.25, 0.3) is 0 Å². The van der Waals surface area contributed by atoms with Gasteiger partial charge in [-0.3, -0.25) is 4.79 Å². The summed E-state index contributed by atoms with van der Waals surface area (Å²) in [5, 5.41) is 4.39. The van der Waals surface area contributed by atoms with Crippen molar-refractivity contribution in [3.63, 3.8) is 0 Å². The largest absolute Gasteiger partial charge is 0.489 e. The molecule has 0 atom stereocenters. The first-order valence-corrected chi connectivity index (χ1v) is 9.74. The smallest absolute Gasteiger partial charge is 0.283 e. The summed E-state index contributed by atoms with van der Waals surface area (Å²) in [7, 11) is 0. The summed E-state index contributed by atoms with van der Waals surface area (Å²) in [6.45, 7) is 4.52. The highest BCUT2D eigenvalue weighted by molar-refractivity contribution is 7.17. The van der Waals surface area contributed by atoms with E-state index in [4.69, 9.17) is 10.5 Å². The minimum atomic E-state index is -0.305. The van der Waals surface area contributed by atoms with Gasteiger partial charge in [-0.15, -0.1) is 0 Å². The van der Waals surface area contributed by atoms with Crippen LogP contribution in [0.15, 0.2) is 53.6 Å². The predicted molar refractivity (Wildman–Crippen MR) is 113 cm³/mol. The maximum absolute atomic E-state index is 12.2. The van der Waals surface area contributed by atoms with Gasteiger partial charge >= 0.3 is 0 Å². The van der Waals surface area contributed by atoms with Crippen LogP contribution in [-0.2, 0) is 13.0 Å². The van der Waals surface area contributed by atoms with Crippen LogP contribution in [0.3, 0.4) is 0 Å². The van der Waals surface area contributed by atoms with Gasteiger partial charge in [-0.25, -0.2) is 10.4 Å². The second-order valence-corrected chi connectivity index (χ2v) is 7.20. The molecule has 0 aliphatic rings. The van der Waals surface area contributed by atoms with E-state index in [9.17, 15) is 4.79 Å². The molecule has 3 N–H and O–H groups in total. The van der Waals surface area contributed by atoms with Crippen LogP contribution in [-0.4, -0.2) is 17.1 Å². The molecular formula is C21H22N4O2S. The number of rotatable bonds is 7. The molecule has 0 aliphatic heterocycles. The van der Waals surface area contributed by atoms with E-state index in [-0.39, 0.29) is 5.91 Å². The number of aromatic nitrogens is 1. The number of ether oxygens (including phenoxy) is 1. The fraction of sp³-hybridized carbons (Fsp3) is 0.190. The first-order chi connectivity index (χ1) is 13.6. The van der Waals surface area contributed by atoms with Crippen molar-refractivity contribution < 1.29 is 9.53 Å². The van der Waals surface area contributed by atoms with E-state index in [0.717, 1.165) is 28.2 Å². The molecule has 0 spiro atoms. The van der Waals surface area contributed by atoms with Gasteiger partial charge in [0.2, 0.25) is 0 Å². The highest BCUT2D eigenvalue weighted by atomic mass is 32.1. The molecule has 0 unspecified atom stereocenters. The normalized spacial score (nSPS) is 10.9. The summed E-state index contributed by atoms with van der Waals surface area (Å²) in [5.41, 5.74) is 12.1. The lowest BCUT2D eigenvalue weighted by Crippen LogP contribution is -2.17. The second-order valence-electron chi connectivity index (χ2n) is 6.16. The number of carbonyl (C=O) groups is 1. The van der Waals surface area contributed by atoms with Crippen molar-refractivity contribution in [2.24, 2.45) is 5.10 Å². The van der Waals surface area contributed by atoms with Crippen molar-refractivity contribution in [2.45, 2.75) is 26.9 Å². The lowest BCUT2D eigenvalue weighted by molar-refractivity contribution is 0.0958. The van der Waals surface area contributed by atoms with Crippen molar-refractivity contribution in [1.29, 1.82) is 0 Å². The Morgan fingerprint density at radius 1 is 1.25 bits per heavy atom. The number of hydrogen-bond donors (Lipinski definition) is 2. The van der Waals surface area contributed by atoms with Crippen LogP contribution in [0.2, 0.25) is 0 Å². The molecule has 1 heterocycles. The van der Waals surface area contributed by atoms with Crippen LogP contribution in [0.5, 0.6) is 5.75 Å². The Labute approximate surface area is 168 Å². The molecule has 0 saturated carbocycles. The third kappa shape index (κ3) is 4.95. The van der Waals surface area contributed by atoms with Gasteiger partial charge in [0.25, 0.3) is 5.91 Å². The first kappa shape index (κ1) is 19.6. The van der Waals surface area contributed by atoms with Crippen LogP contribution in [0.1, 0.15) is 39.0 Å². The van der Waals surface area contributed by atoms with Crippen LogP contribution in [0.4, 0.5) is 5.13 Å². The molecule has 3 aromatic rings. The second kappa shape index (κ2) is 9.14. The molecule has 3 rings (SSSR count). The number of aryl methyl sites for hydroxylation is 2. The number of nitrogens with two attached hydrogens (primary N) is 1. The maximum Gasteiger partial charge on any atom is 0.283 e. The third-order valence-corrected chi connectivity index (χ3v) is 5.10. The van der Waals surface area contributed by atoms with Gasteiger partial charge in [-0.1, -0.05) is 42.5 Å². The Morgan fingerprint density at radius 2 is 2.00 bits per heavy atom. The number of nitrogen functional groups attached to an aromatic ring is 1. The van der Waals surface area contributed by atoms with E-state index in [1.165, 1.54) is 5.56 Å². The maximum atomic E-state index is 12.2. The number of anilines is 1. The Bertz CT molecular complexity index is 980. The molecule has 0 bridgehead atoms. The summed E-state index contributed by atoms with van der Waals surface area (Å²) in [6, 6.07) is 15.6. The zero-order valence-corrected chi connectivity index (χ0v) is 16.6. The van der Waals surface area contributed by atoms with Gasteiger partial charge in [0.1, 0.15) is 17.2 Å². The Morgan fingerprint density at radius 3 is 2.71 bits per heavy atom. The average Bonchev–Trinajstić information content (AvgIpc) is 3.09. The summed E-state index contributed by atoms with van der Waals surface area (Å²) < 4.78 is 5.82. The average molecular weight is 395 g/mol. The fourth-order valence-electron chi connectivity index (χ4n) is 2.59. The Balaban J connectivity index is 1.55. The van der Waals surface area contributed by atoms with E-state index in [1.807, 2.05) is 43.3 Å². The number of hydrogen-bond acceptors (Lipinski definition) is 6. The fourth-order valence-corrected chi connectivity index (χ4v) is 3.40. The monoisotopic (exact) mass is 394 g/mol. The van der Waals surface area contributed by atoms with E-state index >= 15 is 0 Å². The summed E-state index contributed by atoms with van der Waals surface area (Å²) in [5.74, 6) is 0.470. The number of benzene rings is 2. The molecule has 6 nitrogen and oxygen atoms in total. The predicted octanol–water partition coefficient (Wildman–Crippen LogP) is 3.94. The number of hydrazone groups is 1. The number of nitrogens with one attached hydrogen (secondary N) is 1. The summed E-state index contributed by atoms with van der Waals surface area (Å²) in [6.07, 6.45) is 2.23. The topological polar surface area (TPSA) is 89.6 Å². The SMILES string of the molecule is CCc1nc(N)sc1C(=O)N/N=C\c1ccc(OCc2ccccc2C)cc1. The lowest BCUT2D eigenvalue weighted by Gasteiger charge is -2.08. The van der Waals surface area contributed by atoms with Crippen molar-refractivity contribution in [2.75, 3.05) is 5.73 Å². The number of thiazole rings is 1. The number of amides is 1. The van der Waals surface area contributed by atoms with Crippen LogP contribution >= 0.6 is 11.3 Å². The first-order valence-electron chi connectivity index (χ1n) is 8.92. The van der Waals surface area contributed by atoms with Gasteiger partial charge < -0.3 is 10.5 Å². The lowest BCUT2D eigenvalue weighted by atomic mass is 10.1. The van der Waals surface area contributed by atoms with Crippen molar-refractivity contribution in [3.8, 4) is 5.75 Å². The van der Waals surface area contributed by atoms with Crippen LogP contribution in [0, 0.1) is 6.92 Å². The zero-order chi connectivity index (χ0) is 19.9. The van der Waals surface area contributed by atoms with Gasteiger partial charge in [-0.2, -0.15) is 5.10 Å². The third-order valence-electron chi connectivity index (χ3n) is 4.17. The highest BCUT2D eigenvalue weighted by Gasteiger charge is 2.15. The van der Waals surface area contributed by atoms with E-state index in [2.05, 4.69) is 34.6 Å². The van der Waals surface area contributed by atoms with Gasteiger partial charge in [0.05, 0.1) is 11.9 Å². The molecule has 1 amide bonds. The molecule has 1 aromatic heterocycles. The molecule has 2 aromatic carbocycles. The molecule has 0 fully saturated rings. The van der Waals surface area contributed by atoms with Crippen LogP contribution < -0.4 is 15.9 Å². The quantitative estimate of drug-likeness (QED) is 0.469. The molecule has 7 heteroatoms. The van der Waals surface area contributed by atoms with Crippen molar-refractivity contribution in [1.82, 2.24) is 10.4 Å². The van der Waals surface area contributed by atoms with Gasteiger partial charge in [0, 0.05) is 0 Å².